The molecular weight excluding hydrogens is 253 g/mol. The summed E-state index contributed by atoms with van der Waals surface area (Å²) in [4.78, 5) is 6.18. The lowest BCUT2D eigenvalue weighted by Crippen LogP contribution is -2.31. The molecule has 0 atom stereocenters. The van der Waals surface area contributed by atoms with Crippen LogP contribution in [0.5, 0.6) is 0 Å². The van der Waals surface area contributed by atoms with E-state index in [1.54, 1.807) is 12.3 Å². The van der Waals surface area contributed by atoms with Crippen LogP contribution in [0.15, 0.2) is 12.3 Å². The van der Waals surface area contributed by atoms with E-state index in [0.29, 0.717) is 29.8 Å². The second-order valence-electron chi connectivity index (χ2n) is 6.31. The Morgan fingerprint density at radius 3 is 2.80 bits per heavy atom. The first-order valence-corrected chi connectivity index (χ1v) is 7.63. The van der Waals surface area contributed by atoms with Crippen LogP contribution in [0.1, 0.15) is 38.7 Å². The maximum Gasteiger partial charge on any atom is 0.170 e. The molecule has 1 aromatic rings. The third-order valence-corrected chi connectivity index (χ3v) is 3.94. The first-order chi connectivity index (χ1) is 9.58. The van der Waals surface area contributed by atoms with Crippen molar-refractivity contribution in [2.75, 3.05) is 25.0 Å². The van der Waals surface area contributed by atoms with Gasteiger partial charge in [0.1, 0.15) is 0 Å². The number of halogens is 1. The van der Waals surface area contributed by atoms with Gasteiger partial charge in [-0.15, -0.1) is 0 Å². The van der Waals surface area contributed by atoms with Gasteiger partial charge in [-0.1, -0.05) is 20.3 Å². The van der Waals surface area contributed by atoms with Gasteiger partial charge in [0.25, 0.3) is 0 Å². The number of rotatable bonds is 7. The van der Waals surface area contributed by atoms with E-state index < -0.39 is 0 Å². The van der Waals surface area contributed by atoms with Gasteiger partial charge in [-0.3, -0.25) is 0 Å². The maximum atomic E-state index is 14.5. The van der Waals surface area contributed by atoms with E-state index in [1.807, 2.05) is 11.9 Å². The molecule has 1 heterocycles. The molecular formula is C16H26FN3. The molecule has 1 saturated carbocycles. The highest BCUT2D eigenvalue weighted by Crippen LogP contribution is 2.28. The Kier molecular flexibility index (Phi) is 5.35. The van der Waals surface area contributed by atoms with Gasteiger partial charge in [-0.25, -0.2) is 9.37 Å². The second-order valence-corrected chi connectivity index (χ2v) is 6.31. The highest BCUT2D eigenvalue weighted by atomic mass is 19.1. The second kappa shape index (κ2) is 7.02. The van der Waals surface area contributed by atoms with Gasteiger partial charge >= 0.3 is 0 Å². The van der Waals surface area contributed by atoms with Crippen LogP contribution >= 0.6 is 0 Å². The molecule has 2 rings (SSSR count). The van der Waals surface area contributed by atoms with Crippen LogP contribution in [0.25, 0.3) is 0 Å². The molecule has 1 N–H and O–H groups in total. The number of anilines is 1. The molecule has 1 fully saturated rings. The standard InChI is InChI=1S/C16H26FN3/c1-12(2)9-18-10-14-7-8-19-16(15(14)17)20(3)11-13-5-4-6-13/h7-8,12-13,18H,4-6,9-11H2,1-3H3. The van der Waals surface area contributed by atoms with Crippen molar-refractivity contribution in [1.29, 1.82) is 0 Å². The lowest BCUT2D eigenvalue weighted by Gasteiger charge is -2.31. The molecule has 20 heavy (non-hydrogen) atoms. The van der Waals surface area contributed by atoms with Crippen LogP contribution in [-0.2, 0) is 6.54 Å². The smallest absolute Gasteiger partial charge is 0.170 e. The van der Waals surface area contributed by atoms with Crippen LogP contribution in [0.4, 0.5) is 10.2 Å². The molecule has 1 aliphatic carbocycles. The molecule has 0 aliphatic heterocycles. The summed E-state index contributed by atoms with van der Waals surface area (Å²) >= 11 is 0. The van der Waals surface area contributed by atoms with Gasteiger partial charge in [0.05, 0.1) is 0 Å². The van der Waals surface area contributed by atoms with Crippen LogP contribution in [0.3, 0.4) is 0 Å². The molecule has 0 unspecified atom stereocenters. The van der Waals surface area contributed by atoms with Crippen LogP contribution in [0.2, 0.25) is 0 Å². The van der Waals surface area contributed by atoms with E-state index in [0.717, 1.165) is 13.1 Å². The summed E-state index contributed by atoms with van der Waals surface area (Å²) < 4.78 is 14.5. The number of pyridine rings is 1. The van der Waals surface area contributed by atoms with Crippen LogP contribution in [0, 0.1) is 17.7 Å². The third-order valence-electron chi connectivity index (χ3n) is 3.94. The Morgan fingerprint density at radius 1 is 1.45 bits per heavy atom. The minimum Gasteiger partial charge on any atom is -0.357 e. The van der Waals surface area contributed by atoms with Crippen molar-refractivity contribution in [1.82, 2.24) is 10.3 Å². The van der Waals surface area contributed by atoms with E-state index in [9.17, 15) is 4.39 Å². The number of nitrogens with zero attached hydrogens (tertiary/aromatic N) is 2. The van der Waals surface area contributed by atoms with Gasteiger partial charge in [-0.05, 0) is 37.3 Å². The van der Waals surface area contributed by atoms with Crippen molar-refractivity contribution in [3.8, 4) is 0 Å². The van der Waals surface area contributed by atoms with Crippen LogP contribution < -0.4 is 10.2 Å². The summed E-state index contributed by atoms with van der Waals surface area (Å²) in [5.41, 5.74) is 0.705. The van der Waals surface area contributed by atoms with Crippen molar-refractivity contribution >= 4 is 5.82 Å². The molecule has 0 radical (unpaired) electrons. The summed E-state index contributed by atoms with van der Waals surface area (Å²) in [6.07, 6.45) is 5.55. The quantitative estimate of drug-likeness (QED) is 0.830. The Labute approximate surface area is 121 Å². The molecule has 0 bridgehead atoms. The van der Waals surface area contributed by atoms with E-state index in [1.165, 1.54) is 19.3 Å². The number of aromatic nitrogens is 1. The Hall–Kier alpha value is -1.16. The first-order valence-electron chi connectivity index (χ1n) is 7.63. The molecule has 0 saturated heterocycles. The van der Waals surface area contributed by atoms with Crippen molar-refractivity contribution < 1.29 is 4.39 Å². The zero-order valence-corrected chi connectivity index (χ0v) is 12.8. The highest BCUT2D eigenvalue weighted by Gasteiger charge is 2.21. The zero-order valence-electron chi connectivity index (χ0n) is 12.8. The predicted molar refractivity (Wildman–Crippen MR) is 81.4 cm³/mol. The van der Waals surface area contributed by atoms with E-state index >= 15 is 0 Å². The SMILES string of the molecule is CC(C)CNCc1ccnc(N(C)CC2CCC2)c1F. The summed E-state index contributed by atoms with van der Waals surface area (Å²) in [6.45, 7) is 6.67. The van der Waals surface area contributed by atoms with Crippen molar-refractivity contribution in [2.24, 2.45) is 11.8 Å². The summed E-state index contributed by atoms with van der Waals surface area (Å²) in [6, 6.07) is 1.77. The normalized spacial score (nSPS) is 15.4. The molecule has 0 aromatic carbocycles. The first kappa shape index (κ1) is 15.2. The fraction of sp³-hybridized carbons (Fsp3) is 0.688. The summed E-state index contributed by atoms with van der Waals surface area (Å²) in [5.74, 6) is 1.59. The minimum absolute atomic E-state index is 0.175. The van der Waals surface area contributed by atoms with E-state index in [4.69, 9.17) is 0 Å². The Bertz CT molecular complexity index is 430. The van der Waals surface area contributed by atoms with E-state index in [-0.39, 0.29) is 5.82 Å². The van der Waals surface area contributed by atoms with Crippen molar-refractivity contribution in [3.05, 3.63) is 23.6 Å². The molecule has 3 nitrogen and oxygen atoms in total. The van der Waals surface area contributed by atoms with Gasteiger partial charge < -0.3 is 10.2 Å². The summed E-state index contributed by atoms with van der Waals surface area (Å²) in [7, 11) is 1.94. The molecule has 112 valence electrons. The molecule has 4 heteroatoms. The molecule has 0 spiro atoms. The molecule has 0 amide bonds. The van der Waals surface area contributed by atoms with Gasteiger partial charge in [-0.2, -0.15) is 0 Å². The average molecular weight is 279 g/mol. The summed E-state index contributed by atoms with van der Waals surface area (Å²) in [5, 5.41) is 3.28. The van der Waals surface area contributed by atoms with Crippen molar-refractivity contribution in [3.63, 3.8) is 0 Å². The third kappa shape index (κ3) is 3.92. The Balaban J connectivity index is 1.98. The predicted octanol–water partition coefficient (Wildman–Crippen LogP) is 3.20. The fourth-order valence-corrected chi connectivity index (χ4v) is 2.52. The molecule has 1 aromatic heterocycles. The average Bonchev–Trinajstić information content (AvgIpc) is 2.35. The molecule has 1 aliphatic rings. The minimum atomic E-state index is -0.175. The zero-order chi connectivity index (χ0) is 14.5. The number of hydrogen-bond donors (Lipinski definition) is 1. The Morgan fingerprint density at radius 2 is 2.20 bits per heavy atom. The van der Waals surface area contributed by atoms with Crippen LogP contribution in [-0.4, -0.2) is 25.1 Å². The van der Waals surface area contributed by atoms with E-state index in [2.05, 4.69) is 24.1 Å². The monoisotopic (exact) mass is 279 g/mol. The lowest BCUT2D eigenvalue weighted by molar-refractivity contribution is 0.320. The van der Waals surface area contributed by atoms with Crippen molar-refractivity contribution in [2.45, 2.75) is 39.7 Å². The maximum absolute atomic E-state index is 14.5. The number of nitrogens with one attached hydrogen (secondary N) is 1. The van der Waals surface area contributed by atoms with Gasteiger partial charge in [0.15, 0.2) is 11.6 Å². The fourth-order valence-electron chi connectivity index (χ4n) is 2.52. The lowest BCUT2D eigenvalue weighted by atomic mass is 9.85. The topological polar surface area (TPSA) is 28.2 Å². The highest BCUT2D eigenvalue weighted by molar-refractivity contribution is 5.42. The van der Waals surface area contributed by atoms with Gasteiger partial charge in [0.2, 0.25) is 0 Å². The largest absolute Gasteiger partial charge is 0.357 e. The van der Waals surface area contributed by atoms with Gasteiger partial charge in [0, 0.05) is 31.9 Å². The number of hydrogen-bond acceptors (Lipinski definition) is 3.